The molecule has 0 spiro atoms. The van der Waals surface area contributed by atoms with Crippen molar-refractivity contribution in [2.24, 2.45) is 0 Å². The lowest BCUT2D eigenvalue weighted by atomic mass is 10.1. The van der Waals surface area contributed by atoms with Crippen LogP contribution in [0.1, 0.15) is 16.7 Å². The standard InChI is InChI=1S/C15H26N2O2/c1-12-9-14(10-13(2)15(12)18)11-16-5-7-19-8-6-17(3)4/h9-10,16,18H,5-8,11H2,1-4H3. The second-order valence-corrected chi connectivity index (χ2v) is 5.17. The average Bonchev–Trinajstić information content (AvgIpc) is 2.34. The Morgan fingerprint density at radius 3 is 2.37 bits per heavy atom. The lowest BCUT2D eigenvalue weighted by Gasteiger charge is -2.11. The summed E-state index contributed by atoms with van der Waals surface area (Å²) in [7, 11) is 4.08. The molecule has 0 saturated carbocycles. The van der Waals surface area contributed by atoms with Gasteiger partial charge < -0.3 is 20.1 Å². The van der Waals surface area contributed by atoms with Gasteiger partial charge in [0.15, 0.2) is 0 Å². The van der Waals surface area contributed by atoms with Gasteiger partial charge in [-0.15, -0.1) is 0 Å². The van der Waals surface area contributed by atoms with Crippen LogP contribution in [0.25, 0.3) is 0 Å². The summed E-state index contributed by atoms with van der Waals surface area (Å²) in [5.74, 6) is 0.399. The van der Waals surface area contributed by atoms with Gasteiger partial charge in [0.2, 0.25) is 0 Å². The Morgan fingerprint density at radius 1 is 1.16 bits per heavy atom. The first-order chi connectivity index (χ1) is 9.00. The summed E-state index contributed by atoms with van der Waals surface area (Å²) in [4.78, 5) is 2.11. The first kappa shape index (κ1) is 16.0. The van der Waals surface area contributed by atoms with E-state index < -0.39 is 0 Å². The van der Waals surface area contributed by atoms with Crippen molar-refractivity contribution >= 4 is 0 Å². The fourth-order valence-electron chi connectivity index (χ4n) is 1.87. The predicted octanol–water partition coefficient (Wildman–Crippen LogP) is 1.68. The normalized spacial score (nSPS) is 11.2. The van der Waals surface area contributed by atoms with Crippen molar-refractivity contribution in [2.75, 3.05) is 40.4 Å². The molecule has 0 aromatic heterocycles. The van der Waals surface area contributed by atoms with Crippen LogP contribution in [-0.4, -0.2) is 50.4 Å². The number of ether oxygens (including phenoxy) is 1. The minimum Gasteiger partial charge on any atom is -0.507 e. The van der Waals surface area contributed by atoms with Gasteiger partial charge in [0.25, 0.3) is 0 Å². The second kappa shape index (κ2) is 8.15. The van der Waals surface area contributed by atoms with Gasteiger partial charge in [0.05, 0.1) is 13.2 Å². The zero-order chi connectivity index (χ0) is 14.3. The smallest absolute Gasteiger partial charge is 0.121 e. The van der Waals surface area contributed by atoms with Crippen LogP contribution in [0.5, 0.6) is 5.75 Å². The molecule has 0 aliphatic heterocycles. The molecule has 1 aromatic rings. The first-order valence-electron chi connectivity index (χ1n) is 6.73. The SMILES string of the molecule is Cc1cc(CNCCOCCN(C)C)cc(C)c1O. The van der Waals surface area contributed by atoms with Crippen LogP contribution in [0.2, 0.25) is 0 Å². The molecule has 0 aliphatic rings. The number of likely N-dealkylation sites (N-methyl/N-ethyl adjacent to an activating group) is 1. The van der Waals surface area contributed by atoms with Crippen LogP contribution >= 0.6 is 0 Å². The fraction of sp³-hybridized carbons (Fsp3) is 0.600. The molecule has 2 N–H and O–H groups in total. The highest BCUT2D eigenvalue weighted by atomic mass is 16.5. The monoisotopic (exact) mass is 266 g/mol. The Kier molecular flexibility index (Phi) is 6.84. The van der Waals surface area contributed by atoms with Crippen molar-refractivity contribution < 1.29 is 9.84 Å². The van der Waals surface area contributed by atoms with Crippen molar-refractivity contribution in [1.29, 1.82) is 0 Å². The van der Waals surface area contributed by atoms with Crippen LogP contribution in [0.4, 0.5) is 0 Å². The highest BCUT2D eigenvalue weighted by Crippen LogP contribution is 2.22. The molecule has 0 aliphatic carbocycles. The van der Waals surface area contributed by atoms with E-state index in [4.69, 9.17) is 4.74 Å². The lowest BCUT2D eigenvalue weighted by molar-refractivity contribution is 0.119. The Balaban J connectivity index is 2.19. The third-order valence-corrected chi connectivity index (χ3v) is 2.99. The predicted molar refractivity (Wildman–Crippen MR) is 78.7 cm³/mol. The van der Waals surface area contributed by atoms with Crippen molar-refractivity contribution in [3.8, 4) is 5.75 Å². The second-order valence-electron chi connectivity index (χ2n) is 5.17. The summed E-state index contributed by atoms with van der Waals surface area (Å²) in [6, 6.07) is 4.03. The lowest BCUT2D eigenvalue weighted by Crippen LogP contribution is -2.23. The molecule has 19 heavy (non-hydrogen) atoms. The molecular weight excluding hydrogens is 240 g/mol. The van der Waals surface area contributed by atoms with Crippen LogP contribution in [0, 0.1) is 13.8 Å². The van der Waals surface area contributed by atoms with Gasteiger partial charge in [-0.05, 0) is 44.6 Å². The molecule has 0 fully saturated rings. The molecule has 0 bridgehead atoms. The maximum absolute atomic E-state index is 9.70. The van der Waals surface area contributed by atoms with E-state index in [2.05, 4.69) is 10.2 Å². The van der Waals surface area contributed by atoms with Crippen molar-refractivity contribution in [1.82, 2.24) is 10.2 Å². The van der Waals surface area contributed by atoms with Crippen LogP contribution < -0.4 is 5.32 Å². The van der Waals surface area contributed by atoms with Gasteiger partial charge in [0, 0.05) is 19.6 Å². The van der Waals surface area contributed by atoms with Crippen molar-refractivity contribution in [2.45, 2.75) is 20.4 Å². The van der Waals surface area contributed by atoms with Crippen molar-refractivity contribution in [3.05, 3.63) is 28.8 Å². The number of hydrogen-bond donors (Lipinski definition) is 2. The molecule has 1 rings (SSSR count). The van der Waals surface area contributed by atoms with E-state index in [1.807, 2.05) is 40.1 Å². The van der Waals surface area contributed by atoms with Gasteiger partial charge in [-0.2, -0.15) is 0 Å². The van der Waals surface area contributed by atoms with Gasteiger partial charge in [0.1, 0.15) is 5.75 Å². The average molecular weight is 266 g/mol. The highest BCUT2D eigenvalue weighted by Gasteiger charge is 2.02. The Labute approximate surface area is 116 Å². The van der Waals surface area contributed by atoms with Gasteiger partial charge in [-0.1, -0.05) is 12.1 Å². The fourth-order valence-corrected chi connectivity index (χ4v) is 1.87. The summed E-state index contributed by atoms with van der Waals surface area (Å²) in [6.45, 7) is 7.95. The molecule has 4 heteroatoms. The third-order valence-electron chi connectivity index (χ3n) is 2.99. The van der Waals surface area contributed by atoms with Gasteiger partial charge >= 0.3 is 0 Å². The first-order valence-corrected chi connectivity index (χ1v) is 6.73. The summed E-state index contributed by atoms with van der Waals surface area (Å²) >= 11 is 0. The molecule has 0 amide bonds. The maximum Gasteiger partial charge on any atom is 0.121 e. The number of phenolic OH excluding ortho intramolecular Hbond substituents is 1. The minimum atomic E-state index is 0.399. The summed E-state index contributed by atoms with van der Waals surface area (Å²) in [5.41, 5.74) is 3.05. The van der Waals surface area contributed by atoms with Gasteiger partial charge in [-0.25, -0.2) is 0 Å². The number of nitrogens with zero attached hydrogens (tertiary/aromatic N) is 1. The number of aryl methyl sites for hydroxylation is 2. The molecule has 4 nitrogen and oxygen atoms in total. The van der Waals surface area contributed by atoms with E-state index in [9.17, 15) is 5.11 Å². The molecule has 1 aromatic carbocycles. The molecule has 0 heterocycles. The quantitative estimate of drug-likeness (QED) is 0.703. The molecule has 0 saturated heterocycles. The van der Waals surface area contributed by atoms with Crippen molar-refractivity contribution in [3.63, 3.8) is 0 Å². The summed E-state index contributed by atoms with van der Waals surface area (Å²) < 4.78 is 5.50. The number of benzene rings is 1. The van der Waals surface area contributed by atoms with E-state index in [1.54, 1.807) is 0 Å². The number of phenols is 1. The molecule has 0 unspecified atom stereocenters. The topological polar surface area (TPSA) is 44.7 Å². The largest absolute Gasteiger partial charge is 0.507 e. The van der Waals surface area contributed by atoms with Gasteiger partial charge in [-0.3, -0.25) is 0 Å². The molecular formula is C15H26N2O2. The third kappa shape index (κ3) is 6.05. The maximum atomic E-state index is 9.70. The zero-order valence-electron chi connectivity index (χ0n) is 12.5. The van der Waals surface area contributed by atoms with E-state index >= 15 is 0 Å². The van der Waals surface area contributed by atoms with Crippen LogP contribution in [-0.2, 0) is 11.3 Å². The van der Waals surface area contributed by atoms with E-state index in [0.717, 1.165) is 44.0 Å². The summed E-state index contributed by atoms with van der Waals surface area (Å²) in [6.07, 6.45) is 0. The van der Waals surface area contributed by atoms with Crippen LogP contribution in [0.3, 0.4) is 0 Å². The number of nitrogens with one attached hydrogen (secondary N) is 1. The van der Waals surface area contributed by atoms with E-state index in [0.29, 0.717) is 5.75 Å². The number of rotatable bonds is 8. The molecule has 108 valence electrons. The van der Waals surface area contributed by atoms with E-state index in [-0.39, 0.29) is 0 Å². The highest BCUT2D eigenvalue weighted by molar-refractivity contribution is 5.42. The Morgan fingerprint density at radius 2 is 1.79 bits per heavy atom. The number of hydrogen-bond acceptors (Lipinski definition) is 4. The zero-order valence-corrected chi connectivity index (χ0v) is 12.5. The number of aromatic hydroxyl groups is 1. The Bertz CT molecular complexity index is 369. The van der Waals surface area contributed by atoms with E-state index in [1.165, 1.54) is 5.56 Å². The van der Waals surface area contributed by atoms with Crippen LogP contribution in [0.15, 0.2) is 12.1 Å². The molecule has 0 atom stereocenters. The Hall–Kier alpha value is -1.10. The molecule has 0 radical (unpaired) electrons. The minimum absolute atomic E-state index is 0.399. The summed E-state index contributed by atoms with van der Waals surface area (Å²) in [5, 5.41) is 13.0.